The lowest BCUT2D eigenvalue weighted by Crippen LogP contribution is -2.40. The highest BCUT2D eigenvalue weighted by Gasteiger charge is 2.42. The molecule has 0 aliphatic carbocycles. The maximum atomic E-state index is 12.2. The second-order valence-electron chi connectivity index (χ2n) is 4.45. The van der Waals surface area contributed by atoms with Crippen LogP contribution in [0.4, 0.5) is 0 Å². The molecule has 1 fully saturated rings. The number of carboxylic acids is 2. The van der Waals surface area contributed by atoms with E-state index in [0.717, 1.165) is 4.90 Å². The molecule has 19 heavy (non-hydrogen) atoms. The van der Waals surface area contributed by atoms with Crippen LogP contribution in [0, 0.1) is 5.92 Å². The normalized spacial score (nSPS) is 22.2. The van der Waals surface area contributed by atoms with E-state index in [0.29, 0.717) is 5.56 Å². The SMILES string of the molecule is O=C(O)[C@H]1C[C@@H](C(=O)O)N(C(=O)c2ccccc2)C1. The summed E-state index contributed by atoms with van der Waals surface area (Å²) in [5.74, 6) is -3.52. The minimum Gasteiger partial charge on any atom is -0.481 e. The number of hydrogen-bond donors (Lipinski definition) is 2. The van der Waals surface area contributed by atoms with E-state index < -0.39 is 29.8 Å². The van der Waals surface area contributed by atoms with Gasteiger partial charge in [-0.25, -0.2) is 4.79 Å². The zero-order valence-electron chi connectivity index (χ0n) is 10.0. The van der Waals surface area contributed by atoms with E-state index in [1.807, 2.05) is 0 Å². The summed E-state index contributed by atoms with van der Waals surface area (Å²) in [4.78, 5) is 35.4. The topological polar surface area (TPSA) is 94.9 Å². The quantitative estimate of drug-likeness (QED) is 0.836. The number of carbonyl (C=O) groups is 3. The van der Waals surface area contributed by atoms with Gasteiger partial charge in [0.25, 0.3) is 5.91 Å². The number of carboxylic acid groups (broad SMARTS) is 2. The van der Waals surface area contributed by atoms with Crippen molar-refractivity contribution in [3.8, 4) is 0 Å². The number of benzene rings is 1. The van der Waals surface area contributed by atoms with Crippen molar-refractivity contribution in [1.29, 1.82) is 0 Å². The number of nitrogens with zero attached hydrogens (tertiary/aromatic N) is 1. The minimum atomic E-state index is -1.17. The molecular formula is C13H13NO5. The third kappa shape index (κ3) is 2.57. The van der Waals surface area contributed by atoms with Gasteiger partial charge in [-0.1, -0.05) is 18.2 Å². The molecule has 1 aromatic carbocycles. The lowest BCUT2D eigenvalue weighted by molar-refractivity contribution is -0.141. The number of rotatable bonds is 3. The zero-order chi connectivity index (χ0) is 14.0. The molecule has 2 N–H and O–H groups in total. The molecule has 0 unspecified atom stereocenters. The van der Waals surface area contributed by atoms with Gasteiger partial charge in [0.15, 0.2) is 0 Å². The van der Waals surface area contributed by atoms with E-state index in [9.17, 15) is 14.4 Å². The largest absolute Gasteiger partial charge is 0.481 e. The highest BCUT2D eigenvalue weighted by molar-refractivity contribution is 5.97. The zero-order valence-corrected chi connectivity index (χ0v) is 10.0. The highest BCUT2D eigenvalue weighted by Crippen LogP contribution is 2.25. The summed E-state index contributed by atoms with van der Waals surface area (Å²) in [7, 11) is 0. The fourth-order valence-corrected chi connectivity index (χ4v) is 2.22. The average Bonchev–Trinajstić information content (AvgIpc) is 2.84. The van der Waals surface area contributed by atoms with Gasteiger partial charge in [0.1, 0.15) is 6.04 Å². The molecule has 2 atom stereocenters. The fourth-order valence-electron chi connectivity index (χ4n) is 2.22. The Labute approximate surface area is 109 Å². The monoisotopic (exact) mass is 263 g/mol. The number of likely N-dealkylation sites (tertiary alicyclic amines) is 1. The maximum Gasteiger partial charge on any atom is 0.326 e. The van der Waals surface area contributed by atoms with Crippen molar-refractivity contribution in [3.05, 3.63) is 35.9 Å². The van der Waals surface area contributed by atoms with E-state index >= 15 is 0 Å². The smallest absolute Gasteiger partial charge is 0.326 e. The van der Waals surface area contributed by atoms with E-state index in [1.165, 1.54) is 0 Å². The molecule has 1 aromatic rings. The van der Waals surface area contributed by atoms with Gasteiger partial charge in [-0.15, -0.1) is 0 Å². The molecule has 1 saturated heterocycles. The Hall–Kier alpha value is -2.37. The molecule has 100 valence electrons. The van der Waals surface area contributed by atoms with Gasteiger partial charge in [0, 0.05) is 12.1 Å². The molecule has 0 aromatic heterocycles. The Kier molecular flexibility index (Phi) is 3.50. The van der Waals surface area contributed by atoms with E-state index in [4.69, 9.17) is 10.2 Å². The van der Waals surface area contributed by atoms with Crippen molar-refractivity contribution in [2.45, 2.75) is 12.5 Å². The van der Waals surface area contributed by atoms with Gasteiger partial charge in [-0.3, -0.25) is 9.59 Å². The van der Waals surface area contributed by atoms with Gasteiger partial charge < -0.3 is 15.1 Å². The van der Waals surface area contributed by atoms with Crippen LogP contribution in [0.2, 0.25) is 0 Å². The summed E-state index contributed by atoms with van der Waals surface area (Å²) in [5, 5.41) is 18.0. The Morgan fingerprint density at radius 2 is 1.68 bits per heavy atom. The molecule has 1 heterocycles. The van der Waals surface area contributed by atoms with Gasteiger partial charge in [0.05, 0.1) is 5.92 Å². The van der Waals surface area contributed by atoms with Crippen molar-refractivity contribution >= 4 is 17.8 Å². The number of carbonyl (C=O) groups excluding carboxylic acids is 1. The van der Waals surface area contributed by atoms with Gasteiger partial charge >= 0.3 is 11.9 Å². The molecule has 0 saturated carbocycles. The van der Waals surface area contributed by atoms with Gasteiger partial charge in [-0.05, 0) is 18.6 Å². The van der Waals surface area contributed by atoms with Crippen molar-refractivity contribution in [2.75, 3.05) is 6.54 Å². The van der Waals surface area contributed by atoms with Gasteiger partial charge in [0.2, 0.25) is 0 Å². The standard InChI is InChI=1S/C13H13NO5/c15-11(8-4-2-1-3-5-8)14-7-9(12(16)17)6-10(14)13(18)19/h1-5,9-10H,6-7H2,(H,16,17)(H,18,19)/t9-,10-/m0/s1. The molecule has 6 heteroatoms. The Bertz CT molecular complexity index is 513. The van der Waals surface area contributed by atoms with Gasteiger partial charge in [-0.2, -0.15) is 0 Å². The summed E-state index contributed by atoms with van der Waals surface area (Å²) in [6, 6.07) is 7.18. The lowest BCUT2D eigenvalue weighted by Gasteiger charge is -2.21. The summed E-state index contributed by atoms with van der Waals surface area (Å²) in [6.45, 7) is -0.0694. The van der Waals surface area contributed by atoms with Crippen LogP contribution < -0.4 is 0 Å². The van der Waals surface area contributed by atoms with Crippen LogP contribution >= 0.6 is 0 Å². The second kappa shape index (κ2) is 5.09. The summed E-state index contributed by atoms with van der Waals surface area (Å²) < 4.78 is 0. The van der Waals surface area contributed by atoms with Crippen molar-refractivity contribution < 1.29 is 24.6 Å². The van der Waals surface area contributed by atoms with Crippen molar-refractivity contribution in [2.24, 2.45) is 5.92 Å². The van der Waals surface area contributed by atoms with Crippen molar-refractivity contribution in [3.63, 3.8) is 0 Å². The van der Waals surface area contributed by atoms with E-state index in [2.05, 4.69) is 0 Å². The number of amides is 1. The fraction of sp³-hybridized carbons (Fsp3) is 0.308. The first-order chi connectivity index (χ1) is 9.00. The Morgan fingerprint density at radius 1 is 1.05 bits per heavy atom. The highest BCUT2D eigenvalue weighted by atomic mass is 16.4. The van der Waals surface area contributed by atoms with Crippen LogP contribution in [0.25, 0.3) is 0 Å². The first-order valence-electron chi connectivity index (χ1n) is 5.82. The lowest BCUT2D eigenvalue weighted by atomic mass is 10.1. The van der Waals surface area contributed by atoms with Crippen LogP contribution in [0.3, 0.4) is 0 Å². The summed E-state index contributed by atoms with van der Waals surface area (Å²) in [5.41, 5.74) is 0.361. The third-order valence-electron chi connectivity index (χ3n) is 3.22. The molecule has 6 nitrogen and oxygen atoms in total. The average molecular weight is 263 g/mol. The number of aliphatic carboxylic acids is 2. The van der Waals surface area contributed by atoms with Crippen molar-refractivity contribution in [1.82, 2.24) is 4.90 Å². The third-order valence-corrected chi connectivity index (χ3v) is 3.22. The second-order valence-corrected chi connectivity index (χ2v) is 4.45. The Balaban J connectivity index is 2.24. The molecule has 1 amide bonds. The van der Waals surface area contributed by atoms with Crippen LogP contribution in [0.1, 0.15) is 16.8 Å². The first kappa shape index (κ1) is 13.1. The predicted molar refractivity (Wildman–Crippen MR) is 64.6 cm³/mol. The molecule has 1 aliphatic heterocycles. The van der Waals surface area contributed by atoms with E-state index in [-0.39, 0.29) is 13.0 Å². The summed E-state index contributed by atoms with van der Waals surface area (Å²) in [6.07, 6.45) is -0.0523. The molecule has 0 spiro atoms. The van der Waals surface area contributed by atoms with Crippen LogP contribution in [0.5, 0.6) is 0 Å². The predicted octanol–water partition coefficient (Wildman–Crippen LogP) is 0.686. The Morgan fingerprint density at radius 3 is 2.21 bits per heavy atom. The molecule has 0 bridgehead atoms. The van der Waals surface area contributed by atoms with Crippen LogP contribution in [-0.2, 0) is 9.59 Å². The maximum absolute atomic E-state index is 12.2. The molecular weight excluding hydrogens is 250 g/mol. The molecule has 0 radical (unpaired) electrons. The summed E-state index contributed by atoms with van der Waals surface area (Å²) >= 11 is 0. The minimum absolute atomic E-state index is 0.0523. The molecule has 1 aliphatic rings. The van der Waals surface area contributed by atoms with E-state index in [1.54, 1.807) is 30.3 Å². The number of hydrogen-bond acceptors (Lipinski definition) is 3. The first-order valence-corrected chi connectivity index (χ1v) is 5.82. The molecule has 2 rings (SSSR count). The van der Waals surface area contributed by atoms with Crippen LogP contribution in [0.15, 0.2) is 30.3 Å². The van der Waals surface area contributed by atoms with Crippen LogP contribution in [-0.4, -0.2) is 45.5 Å².